The summed E-state index contributed by atoms with van der Waals surface area (Å²) >= 11 is 0. The number of allylic oxidation sites excluding steroid dienone is 3. The van der Waals surface area contributed by atoms with Gasteiger partial charge >= 0.3 is 0 Å². The van der Waals surface area contributed by atoms with Crippen LogP contribution in [0.25, 0.3) is 0 Å². The summed E-state index contributed by atoms with van der Waals surface area (Å²) in [7, 11) is 0. The molecule has 0 fully saturated rings. The van der Waals surface area contributed by atoms with Crippen molar-refractivity contribution in [3.63, 3.8) is 0 Å². The molecule has 0 bridgehead atoms. The number of nitrogens with two attached hydrogens (primary N) is 1. The van der Waals surface area contributed by atoms with Crippen LogP contribution in [0.2, 0.25) is 0 Å². The molecule has 0 radical (unpaired) electrons. The largest absolute Gasteiger partial charge is 0.494 e. The van der Waals surface area contributed by atoms with Gasteiger partial charge in [0, 0.05) is 35.6 Å². The van der Waals surface area contributed by atoms with E-state index in [1.165, 1.54) is 0 Å². The van der Waals surface area contributed by atoms with Crippen LogP contribution in [0.4, 0.5) is 0 Å². The minimum absolute atomic E-state index is 0.00504. The van der Waals surface area contributed by atoms with Crippen LogP contribution in [0, 0.1) is 17.2 Å². The molecule has 1 aromatic rings. The number of benzene rings is 1. The summed E-state index contributed by atoms with van der Waals surface area (Å²) in [5, 5.41) is 8.23. The highest BCUT2D eigenvalue weighted by Gasteiger charge is 2.42. The van der Waals surface area contributed by atoms with Gasteiger partial charge in [-0.05, 0) is 49.7 Å². The van der Waals surface area contributed by atoms with E-state index in [2.05, 4.69) is 6.92 Å². The Labute approximate surface area is 167 Å². The Morgan fingerprint density at radius 1 is 1.29 bits per heavy atom. The second kappa shape index (κ2) is 9.20. The lowest BCUT2D eigenvalue weighted by Gasteiger charge is -2.26. The Kier molecular flexibility index (Phi) is 6.68. The van der Waals surface area contributed by atoms with Gasteiger partial charge in [-0.1, -0.05) is 20.3 Å². The van der Waals surface area contributed by atoms with E-state index in [-0.39, 0.29) is 17.6 Å². The van der Waals surface area contributed by atoms with Gasteiger partial charge in [-0.2, -0.15) is 0 Å². The number of nitrogens with one attached hydrogen (secondary N) is 1. The molecule has 0 saturated heterocycles. The number of hydrogen-bond donors (Lipinski definition) is 2. The van der Waals surface area contributed by atoms with E-state index in [0.29, 0.717) is 30.8 Å². The van der Waals surface area contributed by atoms with Crippen molar-refractivity contribution in [2.24, 2.45) is 17.6 Å². The topological polar surface area (TPSA) is 85.4 Å². The normalized spacial score (nSPS) is 21.2. The highest BCUT2D eigenvalue weighted by atomic mass is 16.5. The van der Waals surface area contributed by atoms with Crippen LogP contribution in [-0.4, -0.2) is 24.6 Å². The van der Waals surface area contributed by atoms with Crippen LogP contribution in [-0.2, 0) is 4.74 Å². The molecule has 5 nitrogen and oxygen atoms in total. The lowest BCUT2D eigenvalue weighted by molar-refractivity contribution is 0.102. The van der Waals surface area contributed by atoms with Crippen LogP contribution in [0.15, 0.2) is 47.4 Å². The van der Waals surface area contributed by atoms with Crippen molar-refractivity contribution < 1.29 is 14.3 Å². The maximum absolute atomic E-state index is 13.4. The first-order chi connectivity index (χ1) is 13.6. The standard InChI is InChI=1S/C23H30N2O3/c1-3-4-6-19-22(21-15(2)18(25)11-12-20(21)28-19)23(26)16-7-9-17(10-8-16)27-14-5-13-24/h7-10,12,15,21,25H,3-6,11,13-14,24H2,1-2H3. The number of fused-ring (bicyclic) bond motifs is 1. The van der Waals surface area contributed by atoms with Gasteiger partial charge in [0.2, 0.25) is 0 Å². The van der Waals surface area contributed by atoms with Crippen molar-refractivity contribution in [2.75, 3.05) is 13.2 Å². The first-order valence-electron chi connectivity index (χ1n) is 10.2. The van der Waals surface area contributed by atoms with Gasteiger partial charge in [0.1, 0.15) is 17.3 Å². The third-order valence-electron chi connectivity index (χ3n) is 5.47. The fourth-order valence-corrected chi connectivity index (χ4v) is 3.76. The molecular weight excluding hydrogens is 352 g/mol. The molecule has 2 aliphatic rings. The quantitative estimate of drug-likeness (QED) is 0.481. The number of carbonyl (C=O) groups excluding carboxylic acids is 1. The highest BCUT2D eigenvalue weighted by Crippen LogP contribution is 2.45. The maximum atomic E-state index is 13.4. The van der Waals surface area contributed by atoms with Crippen LogP contribution in [0.3, 0.4) is 0 Å². The minimum atomic E-state index is -0.138. The van der Waals surface area contributed by atoms with Gasteiger partial charge in [-0.3, -0.25) is 4.79 Å². The Balaban J connectivity index is 1.86. The number of hydrogen-bond acceptors (Lipinski definition) is 5. The number of rotatable bonds is 9. The third-order valence-corrected chi connectivity index (χ3v) is 5.47. The van der Waals surface area contributed by atoms with Crippen LogP contribution < -0.4 is 10.5 Å². The first-order valence-corrected chi connectivity index (χ1v) is 10.2. The van der Waals surface area contributed by atoms with Crippen LogP contribution >= 0.6 is 0 Å². The lowest BCUT2D eigenvalue weighted by Crippen LogP contribution is -2.27. The van der Waals surface area contributed by atoms with E-state index in [0.717, 1.165) is 48.5 Å². The zero-order chi connectivity index (χ0) is 20.1. The monoisotopic (exact) mass is 382 g/mol. The van der Waals surface area contributed by atoms with E-state index >= 15 is 0 Å². The molecule has 0 aromatic heterocycles. The summed E-state index contributed by atoms with van der Waals surface area (Å²) in [6, 6.07) is 7.28. The smallest absolute Gasteiger partial charge is 0.193 e. The zero-order valence-corrected chi connectivity index (χ0v) is 16.8. The average Bonchev–Trinajstić information content (AvgIpc) is 3.08. The number of carbonyl (C=O) groups is 1. The van der Waals surface area contributed by atoms with Crippen LogP contribution in [0.1, 0.15) is 56.3 Å². The number of Topliss-reactive ketones (excluding diaryl/α,β-unsaturated/α-hetero) is 1. The SMILES string of the molecule is CCCCC1=C(C(=O)c2ccc(OCCCN)cc2)C2C(=CCC(=N)C2C)O1. The van der Waals surface area contributed by atoms with Crippen molar-refractivity contribution in [1.82, 2.24) is 0 Å². The maximum Gasteiger partial charge on any atom is 0.193 e. The molecule has 0 saturated carbocycles. The molecule has 5 heteroatoms. The third kappa shape index (κ3) is 4.20. The Morgan fingerprint density at radius 2 is 2.04 bits per heavy atom. The zero-order valence-electron chi connectivity index (χ0n) is 16.8. The van der Waals surface area contributed by atoms with E-state index in [4.69, 9.17) is 20.6 Å². The Hall–Kier alpha value is -2.40. The van der Waals surface area contributed by atoms with Gasteiger partial charge in [0.15, 0.2) is 5.78 Å². The molecule has 150 valence electrons. The minimum Gasteiger partial charge on any atom is -0.494 e. The molecule has 3 N–H and O–H groups in total. The van der Waals surface area contributed by atoms with E-state index in [1.54, 1.807) is 0 Å². The van der Waals surface area contributed by atoms with E-state index in [9.17, 15) is 4.79 Å². The summed E-state index contributed by atoms with van der Waals surface area (Å²) in [6.07, 6.45) is 6.14. The highest BCUT2D eigenvalue weighted by molar-refractivity contribution is 6.10. The molecule has 0 spiro atoms. The van der Waals surface area contributed by atoms with Crippen molar-refractivity contribution >= 4 is 11.5 Å². The fourth-order valence-electron chi connectivity index (χ4n) is 3.76. The summed E-state index contributed by atoms with van der Waals surface area (Å²) in [5.41, 5.74) is 7.50. The van der Waals surface area contributed by atoms with Crippen molar-refractivity contribution in [3.8, 4) is 5.75 Å². The van der Waals surface area contributed by atoms with E-state index < -0.39 is 0 Å². The fraction of sp³-hybridized carbons (Fsp3) is 0.478. The lowest BCUT2D eigenvalue weighted by atomic mass is 9.76. The predicted molar refractivity (Wildman–Crippen MR) is 111 cm³/mol. The van der Waals surface area contributed by atoms with Gasteiger partial charge in [-0.25, -0.2) is 0 Å². The van der Waals surface area contributed by atoms with Gasteiger partial charge in [0.25, 0.3) is 0 Å². The van der Waals surface area contributed by atoms with E-state index in [1.807, 2.05) is 37.3 Å². The number of ether oxygens (including phenoxy) is 2. The van der Waals surface area contributed by atoms with Crippen molar-refractivity contribution in [1.29, 1.82) is 5.41 Å². The summed E-state index contributed by atoms with van der Waals surface area (Å²) < 4.78 is 11.7. The van der Waals surface area contributed by atoms with Crippen LogP contribution in [0.5, 0.6) is 5.75 Å². The molecule has 1 aliphatic carbocycles. The molecule has 2 atom stereocenters. The molecule has 1 heterocycles. The molecule has 0 amide bonds. The second-order valence-electron chi connectivity index (χ2n) is 7.49. The first kappa shape index (κ1) is 20.3. The number of ketones is 1. The molecule has 3 rings (SSSR count). The predicted octanol–water partition coefficient (Wildman–Crippen LogP) is 4.63. The molecule has 2 unspecified atom stereocenters. The van der Waals surface area contributed by atoms with Gasteiger partial charge < -0.3 is 20.6 Å². The summed E-state index contributed by atoms with van der Waals surface area (Å²) in [5.74, 6) is 2.21. The molecular formula is C23H30N2O3. The Bertz CT molecular complexity index is 793. The average molecular weight is 383 g/mol. The Morgan fingerprint density at radius 3 is 2.71 bits per heavy atom. The summed E-state index contributed by atoms with van der Waals surface area (Å²) in [6.45, 7) is 5.31. The van der Waals surface area contributed by atoms with Gasteiger partial charge in [-0.15, -0.1) is 0 Å². The second-order valence-corrected chi connectivity index (χ2v) is 7.49. The summed E-state index contributed by atoms with van der Waals surface area (Å²) in [4.78, 5) is 13.4. The number of unbranched alkanes of at least 4 members (excludes halogenated alkanes) is 1. The molecule has 1 aliphatic heterocycles. The molecule has 28 heavy (non-hydrogen) atoms. The van der Waals surface area contributed by atoms with Crippen molar-refractivity contribution in [2.45, 2.75) is 46.0 Å². The van der Waals surface area contributed by atoms with Crippen molar-refractivity contribution in [3.05, 3.63) is 53.0 Å². The van der Waals surface area contributed by atoms with Gasteiger partial charge in [0.05, 0.1) is 12.5 Å². The molecule has 1 aromatic carbocycles.